The number of methoxy groups -OCH3 is 1. The van der Waals surface area contributed by atoms with Gasteiger partial charge >= 0.3 is 11.0 Å². The van der Waals surface area contributed by atoms with E-state index in [-0.39, 0.29) is 22.8 Å². The molecule has 0 unspecified atom stereocenters. The average Bonchev–Trinajstić information content (AvgIpc) is 3.20. The maximum absolute atomic E-state index is 13.0. The van der Waals surface area contributed by atoms with Gasteiger partial charge in [0.2, 0.25) is 0 Å². The first kappa shape index (κ1) is 31.7. The molecule has 2 aliphatic carbocycles. The van der Waals surface area contributed by atoms with E-state index >= 15 is 0 Å². The molecule has 1 aromatic carbocycles. The van der Waals surface area contributed by atoms with E-state index in [1.807, 2.05) is 0 Å². The van der Waals surface area contributed by atoms with Crippen molar-refractivity contribution >= 4 is 37.0 Å². The molecule has 1 aromatic rings. The van der Waals surface area contributed by atoms with E-state index in [1.54, 1.807) is 7.11 Å². The van der Waals surface area contributed by atoms with Gasteiger partial charge < -0.3 is 9.22 Å². The summed E-state index contributed by atoms with van der Waals surface area (Å²) in [5.41, 5.74) is -13.9. The topological polar surface area (TPSA) is 101 Å². The second kappa shape index (κ2) is 10.9. The van der Waals surface area contributed by atoms with Crippen molar-refractivity contribution in [3.05, 3.63) is 56.9 Å². The van der Waals surface area contributed by atoms with Gasteiger partial charge in [0.05, 0.1) is 37.4 Å². The molecule has 212 valence electrons. The third kappa shape index (κ3) is 5.90. The number of likely N-dealkylation sites (N-methyl/N-ethyl adjacent to an activating group) is 1. The van der Waals surface area contributed by atoms with Crippen LogP contribution in [0.25, 0.3) is 11.6 Å². The summed E-state index contributed by atoms with van der Waals surface area (Å²) in [4.78, 5) is -4.38. The number of fused-ring (bicyclic) bond motifs is 3. The maximum atomic E-state index is 13.0. The summed E-state index contributed by atoms with van der Waals surface area (Å²) in [6.07, 6.45) is 1.32. The number of rotatable bonds is 7. The number of hydrogen-bond acceptors (Lipinski definition) is 6. The van der Waals surface area contributed by atoms with E-state index in [0.717, 1.165) is 23.7 Å². The lowest BCUT2D eigenvalue weighted by Crippen LogP contribution is -2.45. The lowest BCUT2D eigenvalue weighted by atomic mass is 9.95. The highest BCUT2D eigenvalue weighted by atomic mass is 32.2. The molecule has 0 radical (unpaired) electrons. The Bertz CT molecular complexity index is 1400. The molecular formula is C23H27F6N2O5S2+. The molecule has 0 aromatic heterocycles. The minimum Gasteiger partial charge on any atom is -0.379 e. The Labute approximate surface area is 217 Å². The molecule has 0 fully saturated rings. The number of sulfone groups is 2. The normalized spacial score (nSPS) is 16.3. The number of ether oxygens (including phenoxy) is 1. The van der Waals surface area contributed by atoms with Gasteiger partial charge in [-0.1, -0.05) is 24.3 Å². The lowest BCUT2D eigenvalue weighted by Gasteiger charge is -2.31. The molecule has 1 N–H and O–H groups in total. The largest absolute Gasteiger partial charge is 0.502 e. The second-order valence-corrected chi connectivity index (χ2v) is 12.4. The van der Waals surface area contributed by atoms with Crippen LogP contribution in [0.15, 0.2) is 45.7 Å². The van der Waals surface area contributed by atoms with Crippen molar-refractivity contribution in [1.29, 1.82) is 5.41 Å². The first-order valence-corrected chi connectivity index (χ1v) is 14.1. The van der Waals surface area contributed by atoms with Gasteiger partial charge in [-0.05, 0) is 42.7 Å². The number of alkyl halides is 6. The van der Waals surface area contributed by atoms with Gasteiger partial charge in [-0.15, -0.1) is 0 Å². The van der Waals surface area contributed by atoms with E-state index in [0.29, 0.717) is 0 Å². The third-order valence-electron chi connectivity index (χ3n) is 6.37. The summed E-state index contributed by atoms with van der Waals surface area (Å²) in [5, 5.41) is 7.82. The van der Waals surface area contributed by atoms with Crippen molar-refractivity contribution < 1.29 is 52.4 Å². The smallest absolute Gasteiger partial charge is 0.379 e. The minimum absolute atomic E-state index is 0.153. The van der Waals surface area contributed by atoms with E-state index < -0.39 is 51.8 Å². The average molecular weight is 590 g/mol. The van der Waals surface area contributed by atoms with E-state index in [9.17, 15) is 43.2 Å². The Hall–Kier alpha value is -2.49. The van der Waals surface area contributed by atoms with E-state index in [1.165, 1.54) is 37.4 Å². The summed E-state index contributed by atoms with van der Waals surface area (Å²) in [5.74, 6) is 0. The van der Waals surface area contributed by atoms with Crippen LogP contribution < -0.4 is 0 Å². The van der Waals surface area contributed by atoms with Gasteiger partial charge in [-0.25, -0.2) is 16.8 Å². The number of nitrogens with one attached hydrogen (secondary N) is 1. The molecule has 0 saturated heterocycles. The fourth-order valence-electron chi connectivity index (χ4n) is 3.61. The van der Waals surface area contributed by atoms with Crippen LogP contribution in [0, 0.1) is 5.41 Å². The molecular weight excluding hydrogens is 562 g/mol. The van der Waals surface area contributed by atoms with Crippen molar-refractivity contribution in [1.82, 2.24) is 0 Å². The molecule has 0 amide bonds. The number of halogens is 6. The van der Waals surface area contributed by atoms with Crippen LogP contribution in [0.3, 0.4) is 0 Å². The number of nitrogens with zero attached hydrogens (tertiary/aromatic N) is 1. The first-order valence-electron chi connectivity index (χ1n) is 11.1. The Kier molecular flexibility index (Phi) is 9.14. The van der Waals surface area contributed by atoms with Gasteiger partial charge in [-0.2, -0.15) is 26.3 Å². The molecule has 0 aliphatic heterocycles. The molecule has 3 rings (SSSR count). The molecule has 0 heterocycles. The van der Waals surface area contributed by atoms with Crippen LogP contribution in [0.1, 0.15) is 25.0 Å². The van der Waals surface area contributed by atoms with Crippen molar-refractivity contribution in [2.45, 2.75) is 24.9 Å². The third-order valence-corrected chi connectivity index (χ3v) is 9.58. The maximum Gasteiger partial charge on any atom is 0.502 e. The highest BCUT2D eigenvalue weighted by Gasteiger charge is 2.57. The summed E-state index contributed by atoms with van der Waals surface area (Å²) < 4.78 is 132. The van der Waals surface area contributed by atoms with Crippen LogP contribution in [-0.2, 0) is 24.4 Å². The first-order chi connectivity index (χ1) is 17.3. The highest BCUT2D eigenvalue weighted by molar-refractivity contribution is 8.00. The molecule has 38 heavy (non-hydrogen) atoms. The predicted octanol–water partition coefficient (Wildman–Crippen LogP) is 4.70. The molecule has 0 spiro atoms. The van der Waals surface area contributed by atoms with Crippen LogP contribution in [0.5, 0.6) is 0 Å². The van der Waals surface area contributed by atoms with Gasteiger partial charge in [0, 0.05) is 12.7 Å². The van der Waals surface area contributed by atoms with Gasteiger partial charge in [0.25, 0.3) is 19.7 Å². The number of benzene rings is 1. The summed E-state index contributed by atoms with van der Waals surface area (Å²) in [6, 6.07) is 5.69. The van der Waals surface area contributed by atoms with Crippen molar-refractivity contribution in [3.8, 4) is 0 Å². The molecule has 2 aliphatic rings. The summed E-state index contributed by atoms with van der Waals surface area (Å²) in [7, 11) is -9.06. The van der Waals surface area contributed by atoms with Crippen molar-refractivity contribution in [3.63, 3.8) is 0 Å². The fourth-order valence-corrected chi connectivity index (χ4v) is 6.07. The van der Waals surface area contributed by atoms with Gasteiger partial charge in [0.15, 0.2) is 0 Å². The zero-order chi connectivity index (χ0) is 29.3. The molecule has 0 saturated carbocycles. The number of hydrogen-bond donors (Lipinski definition) is 1. The number of quaternary nitrogens is 1. The molecule has 7 nitrogen and oxygen atoms in total. The Morgan fingerprint density at radius 3 is 1.87 bits per heavy atom. The molecule has 0 atom stereocenters. The van der Waals surface area contributed by atoms with Crippen LogP contribution >= 0.6 is 0 Å². The minimum atomic E-state index is -6.58. The Morgan fingerprint density at radius 1 is 0.868 bits per heavy atom. The standard InChI is InChI=1S/C15H7F6NO4S2.C8H20NO/c16-14(17,18)27(23,24)11-6-9-8-4-2-1-3-7(8)5-10(9)12(22)13(11)28(25,26)15(19,20)21;1-5-9(3,6-2)7-8-10-4/h1-6,22H;5-8H2,1-4H3/q;+1. The second-order valence-electron chi connectivity index (χ2n) is 8.64. The highest BCUT2D eigenvalue weighted by Crippen LogP contribution is 2.47. The molecule has 15 heteroatoms. The molecule has 0 bridgehead atoms. The van der Waals surface area contributed by atoms with Gasteiger partial charge in [0.1, 0.15) is 11.4 Å². The number of allylic oxidation sites excluding steroid dienone is 4. The Morgan fingerprint density at radius 2 is 1.39 bits per heavy atom. The summed E-state index contributed by atoms with van der Waals surface area (Å²) >= 11 is 0. The van der Waals surface area contributed by atoms with Gasteiger partial charge in [-0.3, -0.25) is 5.41 Å². The zero-order valence-corrected chi connectivity index (χ0v) is 22.5. The zero-order valence-electron chi connectivity index (χ0n) is 20.9. The summed E-state index contributed by atoms with van der Waals surface area (Å²) in [6.45, 7) is 8.83. The lowest BCUT2D eigenvalue weighted by molar-refractivity contribution is -0.906. The SMILES string of the molecule is CC[N+](C)(CC)CCOC.N=C1C2=Cc3ccccc3C2=CC(S(=O)(=O)C(F)(F)F)=C1S(=O)(=O)C(F)(F)F. The van der Waals surface area contributed by atoms with Crippen LogP contribution in [0.2, 0.25) is 0 Å². The van der Waals surface area contributed by atoms with E-state index in [4.69, 9.17) is 10.1 Å². The van der Waals surface area contributed by atoms with Crippen molar-refractivity contribution in [2.24, 2.45) is 0 Å². The van der Waals surface area contributed by atoms with E-state index in [2.05, 4.69) is 20.9 Å². The monoisotopic (exact) mass is 589 g/mol. The quantitative estimate of drug-likeness (QED) is 0.367. The Balaban J connectivity index is 0.000000432. The van der Waals surface area contributed by atoms with Crippen molar-refractivity contribution in [2.75, 3.05) is 40.4 Å². The predicted molar refractivity (Wildman–Crippen MR) is 131 cm³/mol. The van der Waals surface area contributed by atoms with Crippen LogP contribution in [0.4, 0.5) is 26.3 Å². The van der Waals surface area contributed by atoms with Crippen LogP contribution in [-0.4, -0.2) is 78.4 Å². The fraction of sp³-hybridized carbons (Fsp3) is 0.435.